The lowest BCUT2D eigenvalue weighted by atomic mass is 10.1. The van der Waals surface area contributed by atoms with Crippen molar-refractivity contribution in [3.05, 3.63) is 66.4 Å². The van der Waals surface area contributed by atoms with Crippen molar-refractivity contribution in [2.24, 2.45) is 0 Å². The van der Waals surface area contributed by atoms with Crippen molar-refractivity contribution in [1.29, 1.82) is 0 Å². The van der Waals surface area contributed by atoms with Gasteiger partial charge < -0.3 is 10.1 Å². The third kappa shape index (κ3) is 4.28. The van der Waals surface area contributed by atoms with Crippen LogP contribution in [0.1, 0.15) is 26.3 Å². The Morgan fingerprint density at radius 2 is 1.68 bits per heavy atom. The van der Waals surface area contributed by atoms with Crippen molar-refractivity contribution >= 4 is 0 Å². The van der Waals surface area contributed by atoms with E-state index in [9.17, 15) is 0 Å². The van der Waals surface area contributed by atoms with E-state index in [1.54, 1.807) is 7.11 Å². The molecule has 0 unspecified atom stereocenters. The van der Waals surface area contributed by atoms with Gasteiger partial charge in [-0.05, 0) is 57.2 Å². The Bertz CT molecular complexity index is 815. The smallest absolute Gasteiger partial charge is 0.118 e. The van der Waals surface area contributed by atoms with Crippen LogP contribution in [0.3, 0.4) is 0 Å². The molecule has 4 heteroatoms. The summed E-state index contributed by atoms with van der Waals surface area (Å²) in [5.41, 5.74) is 4.35. The van der Waals surface area contributed by atoms with Gasteiger partial charge in [-0.15, -0.1) is 0 Å². The van der Waals surface area contributed by atoms with Crippen LogP contribution in [0.15, 0.2) is 60.8 Å². The van der Waals surface area contributed by atoms with Gasteiger partial charge in [0.05, 0.1) is 18.5 Å². The predicted octanol–water partition coefficient (Wildman–Crippen LogP) is 4.44. The van der Waals surface area contributed by atoms with E-state index in [4.69, 9.17) is 9.84 Å². The number of nitrogens with zero attached hydrogens (tertiary/aromatic N) is 2. The average Bonchev–Trinajstić information content (AvgIpc) is 3.04. The monoisotopic (exact) mass is 335 g/mol. The molecule has 2 aromatic carbocycles. The zero-order chi connectivity index (χ0) is 17.9. The van der Waals surface area contributed by atoms with Gasteiger partial charge in [-0.1, -0.05) is 18.2 Å². The summed E-state index contributed by atoms with van der Waals surface area (Å²) in [6.45, 7) is 7.27. The van der Waals surface area contributed by atoms with Gasteiger partial charge in [-0.3, -0.25) is 0 Å². The summed E-state index contributed by atoms with van der Waals surface area (Å²) in [6, 6.07) is 18.2. The highest BCUT2D eigenvalue weighted by molar-refractivity contribution is 5.64. The number of nitrogens with one attached hydrogen (secondary N) is 1. The van der Waals surface area contributed by atoms with Gasteiger partial charge in [0.2, 0.25) is 0 Å². The first-order valence-corrected chi connectivity index (χ1v) is 8.50. The first-order chi connectivity index (χ1) is 12.0. The van der Waals surface area contributed by atoms with Crippen molar-refractivity contribution in [3.8, 4) is 22.7 Å². The van der Waals surface area contributed by atoms with Crippen molar-refractivity contribution < 1.29 is 4.74 Å². The second kappa shape index (κ2) is 7.11. The van der Waals surface area contributed by atoms with Crippen LogP contribution < -0.4 is 10.1 Å². The summed E-state index contributed by atoms with van der Waals surface area (Å²) >= 11 is 0. The predicted molar refractivity (Wildman–Crippen MR) is 102 cm³/mol. The fourth-order valence-electron chi connectivity index (χ4n) is 2.60. The molecule has 0 saturated carbocycles. The maximum absolute atomic E-state index is 5.26. The Morgan fingerprint density at radius 3 is 2.28 bits per heavy atom. The number of para-hydroxylation sites is 1. The van der Waals surface area contributed by atoms with E-state index in [1.165, 1.54) is 5.56 Å². The van der Waals surface area contributed by atoms with Gasteiger partial charge in [0.1, 0.15) is 5.75 Å². The minimum absolute atomic E-state index is 0.0476. The zero-order valence-electron chi connectivity index (χ0n) is 15.3. The zero-order valence-corrected chi connectivity index (χ0v) is 15.3. The molecule has 3 aromatic rings. The molecule has 0 aliphatic rings. The molecule has 0 bridgehead atoms. The second-order valence-electron chi connectivity index (χ2n) is 7.12. The molecule has 4 nitrogen and oxygen atoms in total. The number of hydrogen-bond donors (Lipinski definition) is 1. The number of rotatable bonds is 5. The number of hydrogen-bond acceptors (Lipinski definition) is 3. The highest BCUT2D eigenvalue weighted by Crippen LogP contribution is 2.26. The molecular weight excluding hydrogens is 310 g/mol. The molecule has 25 heavy (non-hydrogen) atoms. The van der Waals surface area contributed by atoms with Crippen LogP contribution in [0.25, 0.3) is 16.9 Å². The van der Waals surface area contributed by atoms with E-state index in [2.05, 4.69) is 56.6 Å². The molecule has 1 aromatic heterocycles. The molecule has 1 heterocycles. The van der Waals surface area contributed by atoms with Crippen LogP contribution in [0.2, 0.25) is 0 Å². The third-order valence-electron chi connectivity index (χ3n) is 3.98. The maximum Gasteiger partial charge on any atom is 0.118 e. The standard InChI is InChI=1S/C21H25N3O/c1-21(2,3)22-14-17-15-24(18-8-6-5-7-9-18)23-20(17)16-10-12-19(25-4)13-11-16/h5-13,15,22H,14H2,1-4H3. The van der Waals surface area contributed by atoms with E-state index in [1.807, 2.05) is 35.0 Å². The van der Waals surface area contributed by atoms with Gasteiger partial charge in [-0.2, -0.15) is 5.10 Å². The van der Waals surface area contributed by atoms with Crippen LogP contribution in [0.5, 0.6) is 5.75 Å². The van der Waals surface area contributed by atoms with Crippen molar-refractivity contribution in [3.63, 3.8) is 0 Å². The lowest BCUT2D eigenvalue weighted by Crippen LogP contribution is -2.35. The summed E-state index contributed by atoms with van der Waals surface area (Å²) in [7, 11) is 1.68. The molecule has 0 saturated heterocycles. The largest absolute Gasteiger partial charge is 0.497 e. The number of benzene rings is 2. The second-order valence-corrected chi connectivity index (χ2v) is 7.12. The Kier molecular flexibility index (Phi) is 4.91. The first-order valence-electron chi connectivity index (χ1n) is 8.50. The molecule has 0 aliphatic heterocycles. The normalized spacial score (nSPS) is 11.5. The van der Waals surface area contributed by atoms with E-state index in [0.29, 0.717) is 0 Å². The number of ether oxygens (including phenoxy) is 1. The van der Waals surface area contributed by atoms with Crippen LogP contribution >= 0.6 is 0 Å². The molecule has 3 rings (SSSR count). The van der Waals surface area contributed by atoms with Crippen LogP contribution in [-0.2, 0) is 6.54 Å². The Balaban J connectivity index is 1.99. The Labute approximate surface area is 149 Å². The van der Waals surface area contributed by atoms with Gasteiger partial charge in [-0.25, -0.2) is 4.68 Å². The van der Waals surface area contributed by atoms with Gasteiger partial charge >= 0.3 is 0 Å². The molecule has 0 amide bonds. The first kappa shape index (κ1) is 17.2. The highest BCUT2D eigenvalue weighted by atomic mass is 16.5. The third-order valence-corrected chi connectivity index (χ3v) is 3.98. The quantitative estimate of drug-likeness (QED) is 0.749. The van der Waals surface area contributed by atoms with Crippen LogP contribution in [0.4, 0.5) is 0 Å². The van der Waals surface area contributed by atoms with Crippen molar-refractivity contribution in [2.45, 2.75) is 32.9 Å². The van der Waals surface area contributed by atoms with Gasteiger partial charge in [0, 0.05) is 29.4 Å². The minimum atomic E-state index is 0.0476. The SMILES string of the molecule is COc1ccc(-c2nn(-c3ccccc3)cc2CNC(C)(C)C)cc1. The molecule has 0 fully saturated rings. The highest BCUT2D eigenvalue weighted by Gasteiger charge is 2.15. The number of methoxy groups -OCH3 is 1. The molecule has 1 N–H and O–H groups in total. The fourth-order valence-corrected chi connectivity index (χ4v) is 2.60. The molecular formula is C21H25N3O. The summed E-state index contributed by atoms with van der Waals surface area (Å²) in [5.74, 6) is 0.848. The average molecular weight is 335 g/mol. The lowest BCUT2D eigenvalue weighted by molar-refractivity contribution is 0.415. The topological polar surface area (TPSA) is 39.1 Å². The van der Waals surface area contributed by atoms with E-state index in [-0.39, 0.29) is 5.54 Å². The van der Waals surface area contributed by atoms with Crippen LogP contribution in [-0.4, -0.2) is 22.4 Å². The fraction of sp³-hybridized carbons (Fsp3) is 0.286. The summed E-state index contributed by atoms with van der Waals surface area (Å²) in [6.07, 6.45) is 2.10. The van der Waals surface area contributed by atoms with Gasteiger partial charge in [0.25, 0.3) is 0 Å². The van der Waals surface area contributed by atoms with E-state index < -0.39 is 0 Å². The molecule has 0 spiro atoms. The summed E-state index contributed by atoms with van der Waals surface area (Å²) < 4.78 is 7.21. The Morgan fingerprint density at radius 1 is 1.00 bits per heavy atom. The van der Waals surface area contributed by atoms with Gasteiger partial charge in [0.15, 0.2) is 0 Å². The maximum atomic E-state index is 5.26. The number of aromatic nitrogens is 2. The minimum Gasteiger partial charge on any atom is -0.497 e. The lowest BCUT2D eigenvalue weighted by Gasteiger charge is -2.20. The summed E-state index contributed by atoms with van der Waals surface area (Å²) in [5, 5.41) is 8.40. The molecule has 0 atom stereocenters. The van der Waals surface area contributed by atoms with Crippen LogP contribution in [0, 0.1) is 0 Å². The molecule has 0 radical (unpaired) electrons. The van der Waals surface area contributed by atoms with E-state index in [0.717, 1.165) is 29.2 Å². The summed E-state index contributed by atoms with van der Waals surface area (Å²) in [4.78, 5) is 0. The molecule has 130 valence electrons. The van der Waals surface area contributed by atoms with E-state index >= 15 is 0 Å². The van der Waals surface area contributed by atoms with Crippen molar-refractivity contribution in [1.82, 2.24) is 15.1 Å². The van der Waals surface area contributed by atoms with Crippen molar-refractivity contribution in [2.75, 3.05) is 7.11 Å². The Hall–Kier alpha value is -2.59. The molecule has 0 aliphatic carbocycles.